The molecular formula is C12H21O9Sb. The van der Waals surface area contributed by atoms with Crippen LogP contribution in [0.4, 0.5) is 0 Å². The van der Waals surface area contributed by atoms with E-state index in [1.54, 1.807) is 0 Å². The van der Waals surface area contributed by atoms with E-state index < -0.39 is 37.7 Å². The fraction of sp³-hybridized carbons (Fsp3) is 0.250. The van der Waals surface area contributed by atoms with Crippen molar-refractivity contribution in [3.05, 3.63) is 39.5 Å². The van der Waals surface area contributed by atoms with Crippen molar-refractivity contribution < 1.29 is 45.0 Å². The topological polar surface area (TPSA) is 181 Å². The third-order valence-corrected chi connectivity index (χ3v) is 0.387. The van der Waals surface area contributed by atoms with Crippen LogP contribution in [0.5, 0.6) is 0 Å². The van der Waals surface area contributed by atoms with Crippen LogP contribution >= 0.6 is 0 Å². The summed E-state index contributed by atoms with van der Waals surface area (Å²) in [4.78, 5) is 27.0. The fourth-order valence-corrected chi connectivity index (χ4v) is 0. The first kappa shape index (κ1) is 42.8. The molecule has 0 aliphatic rings. The first-order valence-electron chi connectivity index (χ1n) is 4.73. The summed E-state index contributed by atoms with van der Waals surface area (Å²) in [5.74, 6) is -4.32. The second kappa shape index (κ2) is 60.9. The van der Waals surface area contributed by atoms with Gasteiger partial charge in [0.15, 0.2) is 0 Å². The fourth-order valence-electron chi connectivity index (χ4n) is 0. The number of carbonyl (C=O) groups is 3. The van der Waals surface area contributed by atoms with Gasteiger partial charge in [0.25, 0.3) is 0 Å². The zero-order valence-electron chi connectivity index (χ0n) is 12.1. The predicted octanol–water partition coefficient (Wildman–Crippen LogP) is -4.79. The van der Waals surface area contributed by atoms with Crippen LogP contribution in [0.1, 0.15) is 0 Å². The zero-order chi connectivity index (χ0) is 18.9. The Balaban J connectivity index is -0.0000000257. The Morgan fingerprint density at radius 2 is 0.636 bits per heavy atom. The molecule has 0 atom stereocenters. The minimum Gasteiger partial charge on any atom is -0.548 e. The van der Waals surface area contributed by atoms with Crippen molar-refractivity contribution in [2.75, 3.05) is 19.8 Å². The summed E-state index contributed by atoms with van der Waals surface area (Å²) in [5, 5.41) is 49.5. The molecule has 0 aromatic rings. The average Bonchev–Trinajstić information content (AvgIpc) is 2.54. The van der Waals surface area contributed by atoms with E-state index in [0.29, 0.717) is 0 Å². The number of carboxylic acids is 3. The van der Waals surface area contributed by atoms with Gasteiger partial charge in [-0.25, -0.2) is 0 Å². The number of carbonyl (C=O) groups excluding carboxylic acids is 3. The molecule has 0 bridgehead atoms. The normalized spacial score (nSPS) is 5.59. The molecule has 0 aliphatic carbocycles. The molecule has 2 radical (unpaired) electrons. The molecular weight excluding hydrogens is 410 g/mol. The minimum atomic E-state index is -1.44. The molecule has 22 heavy (non-hydrogen) atoms. The number of aliphatic carboxylic acids is 3. The van der Waals surface area contributed by atoms with Crippen LogP contribution in [-0.2, 0) is 14.4 Å². The number of aliphatic hydroxyl groups is 3. The first-order chi connectivity index (χ1) is 9.81. The Bertz CT molecular complexity index is 197. The zero-order valence-corrected chi connectivity index (χ0v) is 14.7. The van der Waals surface area contributed by atoms with Gasteiger partial charge < -0.3 is 45.0 Å². The van der Waals surface area contributed by atoms with Gasteiger partial charge in [-0.05, 0) is 0 Å². The van der Waals surface area contributed by atoms with Crippen LogP contribution in [0.3, 0.4) is 0 Å². The van der Waals surface area contributed by atoms with Crippen LogP contribution in [0, 0.1) is 0 Å². The monoisotopic (exact) mass is 430 g/mol. The summed E-state index contributed by atoms with van der Waals surface area (Å²) < 4.78 is 0. The Kier molecular flexibility index (Phi) is 118. The Morgan fingerprint density at radius 3 is 0.636 bits per heavy atom. The second-order valence-electron chi connectivity index (χ2n) is 1.59. The number of hydrogen-bond acceptors (Lipinski definition) is 9. The van der Waals surface area contributed by atoms with Gasteiger partial charge in [0.1, 0.15) is 0 Å². The molecule has 0 unspecified atom stereocenters. The van der Waals surface area contributed by atoms with Gasteiger partial charge in [-0.1, -0.05) is 0 Å². The van der Waals surface area contributed by atoms with E-state index in [9.17, 15) is 0 Å². The average molecular weight is 431 g/mol. The molecule has 0 aromatic carbocycles. The summed E-state index contributed by atoms with van der Waals surface area (Å²) in [6.07, 6.45) is 0. The molecule has 0 saturated heterocycles. The molecule has 0 amide bonds. The van der Waals surface area contributed by atoms with Gasteiger partial charge in [0.05, 0.1) is 37.7 Å². The van der Waals surface area contributed by atoms with E-state index in [0.717, 1.165) is 0 Å². The standard InChI is InChI=1S/3C2H4O3.3C2H4.Sb/c3*3-1-2(4)5;3*1-2;/h3*3H,1H2,(H,4,5);3*1-2H2;/q;;;;;;+3/p-3. The number of rotatable bonds is 3. The molecule has 0 aromatic heterocycles. The van der Waals surface area contributed by atoms with Gasteiger partial charge >= 0.3 is 24.4 Å². The van der Waals surface area contributed by atoms with E-state index in [1.807, 2.05) is 0 Å². The number of aliphatic hydroxyl groups excluding tert-OH is 3. The van der Waals surface area contributed by atoms with Crippen LogP contribution in [0.15, 0.2) is 39.5 Å². The molecule has 0 spiro atoms. The van der Waals surface area contributed by atoms with Gasteiger partial charge in [-0.3, -0.25) is 0 Å². The van der Waals surface area contributed by atoms with E-state index in [1.165, 1.54) is 0 Å². The Morgan fingerprint density at radius 1 is 0.591 bits per heavy atom. The van der Waals surface area contributed by atoms with Crippen molar-refractivity contribution in [1.82, 2.24) is 0 Å². The Labute approximate surface area is 147 Å². The predicted molar refractivity (Wildman–Crippen MR) is 75.8 cm³/mol. The maximum absolute atomic E-state index is 9.01. The SMILES string of the molecule is C=C.C=C.C=C.O=C([O-])CO.O=C([O-])CO.O=C([O-])CO.[Sb+3]. The third-order valence-electron chi connectivity index (χ3n) is 0.387. The molecule has 128 valence electrons. The van der Waals surface area contributed by atoms with Gasteiger partial charge in [-0.15, -0.1) is 39.5 Å². The van der Waals surface area contributed by atoms with Crippen molar-refractivity contribution in [2.24, 2.45) is 0 Å². The minimum absolute atomic E-state index is 0. The van der Waals surface area contributed by atoms with Gasteiger partial charge in [0.2, 0.25) is 0 Å². The van der Waals surface area contributed by atoms with Crippen molar-refractivity contribution in [1.29, 1.82) is 0 Å². The van der Waals surface area contributed by atoms with Gasteiger partial charge in [0, 0.05) is 0 Å². The maximum atomic E-state index is 9.01. The first-order valence-corrected chi connectivity index (χ1v) is 4.73. The summed E-state index contributed by atoms with van der Waals surface area (Å²) in [7, 11) is 0. The third kappa shape index (κ3) is 294. The summed E-state index contributed by atoms with van der Waals surface area (Å²) in [6, 6.07) is 0. The molecule has 10 heteroatoms. The molecule has 0 heterocycles. The quantitative estimate of drug-likeness (QED) is 0.292. The molecule has 0 aliphatic heterocycles. The van der Waals surface area contributed by atoms with Crippen LogP contribution in [0.2, 0.25) is 0 Å². The Hall–Kier alpha value is -1.67. The molecule has 0 saturated carbocycles. The van der Waals surface area contributed by atoms with Crippen LogP contribution < -0.4 is 15.3 Å². The summed E-state index contributed by atoms with van der Waals surface area (Å²) in [6.45, 7) is 15.3. The summed E-state index contributed by atoms with van der Waals surface area (Å²) >= 11 is 0. The number of hydrogen-bond donors (Lipinski definition) is 3. The van der Waals surface area contributed by atoms with Gasteiger partial charge in [-0.2, -0.15) is 0 Å². The van der Waals surface area contributed by atoms with Crippen molar-refractivity contribution >= 4 is 42.3 Å². The van der Waals surface area contributed by atoms with Crippen molar-refractivity contribution in [2.45, 2.75) is 0 Å². The smallest absolute Gasteiger partial charge is 0.548 e. The largest absolute Gasteiger partial charge is 3.00 e. The van der Waals surface area contributed by atoms with Crippen molar-refractivity contribution in [3.63, 3.8) is 0 Å². The summed E-state index contributed by atoms with van der Waals surface area (Å²) in [5.41, 5.74) is 0. The molecule has 0 fully saturated rings. The van der Waals surface area contributed by atoms with Crippen molar-refractivity contribution in [3.8, 4) is 0 Å². The molecule has 0 rings (SSSR count). The second-order valence-corrected chi connectivity index (χ2v) is 1.59. The van der Waals surface area contributed by atoms with Crippen LogP contribution in [-0.4, -0.2) is 77.5 Å². The van der Waals surface area contributed by atoms with E-state index >= 15 is 0 Å². The van der Waals surface area contributed by atoms with E-state index in [4.69, 9.17) is 45.0 Å². The van der Waals surface area contributed by atoms with Crippen LogP contribution in [0.25, 0.3) is 0 Å². The van der Waals surface area contributed by atoms with E-state index in [-0.39, 0.29) is 24.4 Å². The number of carboxylic acid groups (broad SMARTS) is 3. The molecule has 9 nitrogen and oxygen atoms in total. The maximum Gasteiger partial charge on any atom is 3.00 e. The van der Waals surface area contributed by atoms with E-state index in [2.05, 4.69) is 39.5 Å². The molecule has 3 N–H and O–H groups in total.